The lowest BCUT2D eigenvalue weighted by Crippen LogP contribution is -2.08. The molecular weight excluding hydrogens is 251 g/mol. The molecule has 94 valence electrons. The van der Waals surface area contributed by atoms with E-state index in [1.165, 1.54) is 12.1 Å². The van der Waals surface area contributed by atoms with Gasteiger partial charge in [0.2, 0.25) is 0 Å². The second-order valence-electron chi connectivity index (χ2n) is 4.15. The number of nitrogens with one attached hydrogen (secondary N) is 1. The largest absolute Gasteiger partial charge is 0.397 e. The summed E-state index contributed by atoms with van der Waals surface area (Å²) in [7, 11) is 0. The average Bonchev–Trinajstić information content (AvgIpc) is 2.32. The van der Waals surface area contributed by atoms with Gasteiger partial charge in [0, 0.05) is 11.1 Å². The number of hydrogen-bond donors (Lipinski definition) is 2. The molecule has 0 aliphatic heterocycles. The molecule has 0 aliphatic rings. The Bertz CT molecular complexity index is 557. The van der Waals surface area contributed by atoms with Crippen molar-refractivity contribution in [2.45, 2.75) is 13.0 Å². The summed E-state index contributed by atoms with van der Waals surface area (Å²) in [6, 6.07) is 11.9. The van der Waals surface area contributed by atoms with Crippen molar-refractivity contribution in [3.05, 3.63) is 58.9 Å². The van der Waals surface area contributed by atoms with Crippen LogP contribution < -0.4 is 11.1 Å². The molecule has 0 radical (unpaired) electrons. The van der Waals surface area contributed by atoms with Gasteiger partial charge in [-0.25, -0.2) is 4.39 Å². The molecule has 0 aromatic heterocycles. The SMILES string of the molecule is CC(Nc1ccc(F)cc1N)c1cccc(Cl)c1. The Morgan fingerprint density at radius 1 is 1.22 bits per heavy atom. The molecule has 4 heteroatoms. The van der Waals surface area contributed by atoms with Gasteiger partial charge in [0.1, 0.15) is 5.82 Å². The van der Waals surface area contributed by atoms with E-state index in [1.807, 2.05) is 31.2 Å². The van der Waals surface area contributed by atoms with Gasteiger partial charge in [0.25, 0.3) is 0 Å². The van der Waals surface area contributed by atoms with Crippen LogP contribution in [0.5, 0.6) is 0 Å². The molecule has 3 N–H and O–H groups in total. The number of hydrogen-bond acceptors (Lipinski definition) is 2. The van der Waals surface area contributed by atoms with E-state index in [-0.39, 0.29) is 11.9 Å². The van der Waals surface area contributed by atoms with Gasteiger partial charge in [0.05, 0.1) is 11.4 Å². The first-order valence-corrected chi connectivity index (χ1v) is 6.01. The van der Waals surface area contributed by atoms with E-state index < -0.39 is 0 Å². The van der Waals surface area contributed by atoms with Crippen LogP contribution in [0, 0.1) is 5.82 Å². The molecule has 0 saturated heterocycles. The fourth-order valence-corrected chi connectivity index (χ4v) is 1.96. The van der Waals surface area contributed by atoms with Gasteiger partial charge in [-0.1, -0.05) is 23.7 Å². The summed E-state index contributed by atoms with van der Waals surface area (Å²) in [4.78, 5) is 0. The third-order valence-corrected chi connectivity index (χ3v) is 2.97. The van der Waals surface area contributed by atoms with E-state index >= 15 is 0 Å². The van der Waals surface area contributed by atoms with Crippen molar-refractivity contribution >= 4 is 23.0 Å². The van der Waals surface area contributed by atoms with Gasteiger partial charge < -0.3 is 11.1 Å². The summed E-state index contributed by atoms with van der Waals surface area (Å²) in [5.74, 6) is -0.339. The lowest BCUT2D eigenvalue weighted by atomic mass is 10.1. The minimum absolute atomic E-state index is 0.0384. The van der Waals surface area contributed by atoms with Gasteiger partial charge in [-0.05, 0) is 42.8 Å². The zero-order valence-electron chi connectivity index (χ0n) is 9.95. The first-order chi connectivity index (χ1) is 8.56. The van der Waals surface area contributed by atoms with Crippen molar-refractivity contribution < 1.29 is 4.39 Å². The summed E-state index contributed by atoms with van der Waals surface area (Å²) in [5.41, 5.74) is 7.90. The Kier molecular flexibility index (Phi) is 3.72. The number of rotatable bonds is 3. The summed E-state index contributed by atoms with van der Waals surface area (Å²) >= 11 is 5.94. The smallest absolute Gasteiger partial charge is 0.125 e. The highest BCUT2D eigenvalue weighted by Crippen LogP contribution is 2.25. The highest BCUT2D eigenvalue weighted by Gasteiger charge is 2.08. The molecule has 18 heavy (non-hydrogen) atoms. The van der Waals surface area contributed by atoms with E-state index in [9.17, 15) is 4.39 Å². The van der Waals surface area contributed by atoms with Gasteiger partial charge >= 0.3 is 0 Å². The lowest BCUT2D eigenvalue weighted by molar-refractivity contribution is 0.628. The predicted octanol–water partition coefficient (Wildman–Crippen LogP) is 4.23. The molecule has 2 rings (SSSR count). The van der Waals surface area contributed by atoms with E-state index in [0.29, 0.717) is 16.4 Å². The molecule has 0 fully saturated rings. The first kappa shape index (κ1) is 12.7. The lowest BCUT2D eigenvalue weighted by Gasteiger charge is -2.17. The van der Waals surface area contributed by atoms with Crippen molar-refractivity contribution in [2.24, 2.45) is 0 Å². The van der Waals surface area contributed by atoms with E-state index in [4.69, 9.17) is 17.3 Å². The minimum atomic E-state index is -0.339. The van der Waals surface area contributed by atoms with Crippen LogP contribution in [-0.4, -0.2) is 0 Å². The van der Waals surface area contributed by atoms with Crippen LogP contribution >= 0.6 is 11.6 Å². The molecule has 2 aromatic rings. The Hall–Kier alpha value is -1.74. The van der Waals surface area contributed by atoms with Crippen molar-refractivity contribution in [3.8, 4) is 0 Å². The summed E-state index contributed by atoms with van der Waals surface area (Å²) in [5, 5.41) is 3.92. The molecule has 0 amide bonds. The monoisotopic (exact) mass is 264 g/mol. The average molecular weight is 265 g/mol. The highest BCUT2D eigenvalue weighted by molar-refractivity contribution is 6.30. The molecule has 1 unspecified atom stereocenters. The highest BCUT2D eigenvalue weighted by atomic mass is 35.5. The number of nitrogen functional groups attached to an aromatic ring is 1. The fraction of sp³-hybridized carbons (Fsp3) is 0.143. The van der Waals surface area contributed by atoms with Gasteiger partial charge in [-0.3, -0.25) is 0 Å². The summed E-state index contributed by atoms with van der Waals surface area (Å²) in [6.45, 7) is 1.99. The van der Waals surface area contributed by atoms with E-state index in [2.05, 4.69) is 5.32 Å². The summed E-state index contributed by atoms with van der Waals surface area (Å²) in [6.07, 6.45) is 0. The standard InChI is InChI=1S/C14H14ClFN2/c1-9(10-3-2-4-11(15)7-10)18-14-6-5-12(16)8-13(14)17/h2-9,18H,17H2,1H3. The quantitative estimate of drug-likeness (QED) is 0.814. The van der Waals surface area contributed by atoms with Crippen molar-refractivity contribution in [1.29, 1.82) is 0 Å². The molecule has 0 saturated carbocycles. The molecule has 0 spiro atoms. The number of halogens is 2. The topological polar surface area (TPSA) is 38.0 Å². The fourth-order valence-electron chi connectivity index (χ4n) is 1.76. The molecule has 2 aromatic carbocycles. The Balaban J connectivity index is 2.18. The first-order valence-electron chi connectivity index (χ1n) is 5.63. The van der Waals surface area contributed by atoms with Crippen LogP contribution in [0.1, 0.15) is 18.5 Å². The number of nitrogens with two attached hydrogens (primary N) is 1. The van der Waals surface area contributed by atoms with Gasteiger partial charge in [-0.15, -0.1) is 0 Å². The Morgan fingerprint density at radius 3 is 2.67 bits per heavy atom. The zero-order valence-corrected chi connectivity index (χ0v) is 10.7. The number of benzene rings is 2. The van der Waals surface area contributed by atoms with Crippen LogP contribution in [-0.2, 0) is 0 Å². The normalized spacial score (nSPS) is 12.2. The number of anilines is 2. The molecule has 0 aliphatic carbocycles. The second-order valence-corrected chi connectivity index (χ2v) is 4.59. The van der Waals surface area contributed by atoms with Crippen LogP contribution in [0.15, 0.2) is 42.5 Å². The third-order valence-electron chi connectivity index (χ3n) is 2.73. The maximum atomic E-state index is 12.9. The maximum Gasteiger partial charge on any atom is 0.125 e. The van der Waals surface area contributed by atoms with Crippen LogP contribution in [0.25, 0.3) is 0 Å². The zero-order chi connectivity index (χ0) is 13.1. The van der Waals surface area contributed by atoms with Crippen LogP contribution in [0.4, 0.5) is 15.8 Å². The Labute approximate surface area is 111 Å². The molecule has 1 atom stereocenters. The molecule has 2 nitrogen and oxygen atoms in total. The second kappa shape index (κ2) is 5.27. The van der Waals surface area contributed by atoms with Crippen molar-refractivity contribution in [3.63, 3.8) is 0 Å². The van der Waals surface area contributed by atoms with Gasteiger partial charge in [0.15, 0.2) is 0 Å². The third kappa shape index (κ3) is 2.93. The molecule has 0 heterocycles. The van der Waals surface area contributed by atoms with E-state index in [0.717, 1.165) is 5.56 Å². The molecule has 0 bridgehead atoms. The molecular formula is C14H14ClFN2. The Morgan fingerprint density at radius 2 is 2.00 bits per heavy atom. The predicted molar refractivity (Wildman–Crippen MR) is 74.3 cm³/mol. The van der Waals surface area contributed by atoms with Crippen LogP contribution in [0.2, 0.25) is 5.02 Å². The van der Waals surface area contributed by atoms with Gasteiger partial charge in [-0.2, -0.15) is 0 Å². The van der Waals surface area contributed by atoms with Crippen molar-refractivity contribution in [2.75, 3.05) is 11.1 Å². The summed E-state index contributed by atoms with van der Waals surface area (Å²) < 4.78 is 12.9. The van der Waals surface area contributed by atoms with E-state index in [1.54, 1.807) is 6.07 Å². The maximum absolute atomic E-state index is 12.9. The minimum Gasteiger partial charge on any atom is -0.397 e. The van der Waals surface area contributed by atoms with Crippen LogP contribution in [0.3, 0.4) is 0 Å². The van der Waals surface area contributed by atoms with Crippen molar-refractivity contribution in [1.82, 2.24) is 0 Å².